The van der Waals surface area contributed by atoms with Crippen molar-refractivity contribution in [2.75, 3.05) is 11.9 Å². The number of halogens is 2. The molecule has 68 valence electrons. The van der Waals surface area contributed by atoms with Gasteiger partial charge in [-0.15, -0.1) is 5.92 Å². The van der Waals surface area contributed by atoms with Gasteiger partial charge in [-0.05, 0) is 25.1 Å². The average molecular weight is 198 g/mol. The van der Waals surface area contributed by atoms with E-state index in [0.29, 0.717) is 12.2 Å². The third-order valence-corrected chi connectivity index (χ3v) is 1.78. The Kier molecular flexibility index (Phi) is 3.60. The van der Waals surface area contributed by atoms with Crippen molar-refractivity contribution in [3.05, 3.63) is 29.0 Å². The molecule has 0 saturated heterocycles. The lowest BCUT2D eigenvalue weighted by Crippen LogP contribution is -1.98. The van der Waals surface area contributed by atoms with Gasteiger partial charge in [-0.1, -0.05) is 17.5 Å². The second-order valence-corrected chi connectivity index (χ2v) is 2.82. The standard InChI is InChI=1S/C10H9ClFN/c1-2-3-6-13-8-4-5-9(11)10(12)7-8/h4-5,7,13H,6H2,1H3. The van der Waals surface area contributed by atoms with Crippen molar-refractivity contribution in [1.29, 1.82) is 0 Å². The molecule has 0 spiro atoms. The summed E-state index contributed by atoms with van der Waals surface area (Å²) in [7, 11) is 0. The minimum Gasteiger partial charge on any atom is -0.374 e. The smallest absolute Gasteiger partial charge is 0.143 e. The minimum atomic E-state index is -0.420. The molecule has 1 aromatic carbocycles. The van der Waals surface area contributed by atoms with Crippen LogP contribution in [0, 0.1) is 17.7 Å². The Morgan fingerprint density at radius 2 is 2.31 bits per heavy atom. The maximum Gasteiger partial charge on any atom is 0.143 e. The van der Waals surface area contributed by atoms with Gasteiger partial charge in [-0.3, -0.25) is 0 Å². The van der Waals surface area contributed by atoms with Gasteiger partial charge in [-0.25, -0.2) is 4.39 Å². The molecule has 1 N–H and O–H groups in total. The third kappa shape index (κ3) is 2.96. The molecule has 0 amide bonds. The Hall–Kier alpha value is -1.20. The maximum absolute atomic E-state index is 12.9. The van der Waals surface area contributed by atoms with Crippen LogP contribution in [-0.2, 0) is 0 Å². The number of rotatable bonds is 2. The van der Waals surface area contributed by atoms with Crippen molar-refractivity contribution in [2.24, 2.45) is 0 Å². The predicted molar refractivity (Wildman–Crippen MR) is 53.3 cm³/mol. The van der Waals surface area contributed by atoms with Crippen LogP contribution in [0.5, 0.6) is 0 Å². The van der Waals surface area contributed by atoms with E-state index in [0.717, 1.165) is 0 Å². The number of hydrogen-bond donors (Lipinski definition) is 1. The van der Waals surface area contributed by atoms with Gasteiger partial charge in [0.2, 0.25) is 0 Å². The summed E-state index contributed by atoms with van der Waals surface area (Å²) in [5.41, 5.74) is 0.685. The van der Waals surface area contributed by atoms with Crippen LogP contribution in [0.3, 0.4) is 0 Å². The van der Waals surface area contributed by atoms with Crippen LogP contribution in [0.25, 0.3) is 0 Å². The molecule has 1 nitrogen and oxygen atoms in total. The van der Waals surface area contributed by atoms with Crippen molar-refractivity contribution in [1.82, 2.24) is 0 Å². The first-order valence-electron chi connectivity index (χ1n) is 3.82. The molecule has 0 aromatic heterocycles. The van der Waals surface area contributed by atoms with E-state index in [-0.39, 0.29) is 5.02 Å². The highest BCUT2D eigenvalue weighted by molar-refractivity contribution is 6.30. The molecule has 1 aromatic rings. The van der Waals surface area contributed by atoms with Crippen LogP contribution < -0.4 is 5.32 Å². The number of anilines is 1. The maximum atomic E-state index is 12.9. The summed E-state index contributed by atoms with van der Waals surface area (Å²) >= 11 is 5.51. The van der Waals surface area contributed by atoms with Crippen LogP contribution in [0.2, 0.25) is 5.02 Å². The second-order valence-electron chi connectivity index (χ2n) is 2.41. The lowest BCUT2D eigenvalue weighted by molar-refractivity contribution is 0.629. The third-order valence-electron chi connectivity index (χ3n) is 1.48. The zero-order valence-corrected chi connectivity index (χ0v) is 7.95. The zero-order valence-electron chi connectivity index (χ0n) is 7.20. The minimum absolute atomic E-state index is 0.132. The molecule has 0 heterocycles. The molecule has 0 atom stereocenters. The summed E-state index contributed by atoms with van der Waals surface area (Å²) in [6.45, 7) is 2.27. The molecule has 0 aliphatic carbocycles. The molecule has 0 fully saturated rings. The van der Waals surface area contributed by atoms with E-state index in [9.17, 15) is 4.39 Å². The van der Waals surface area contributed by atoms with E-state index in [2.05, 4.69) is 17.2 Å². The Morgan fingerprint density at radius 1 is 1.54 bits per heavy atom. The molecule has 13 heavy (non-hydrogen) atoms. The van der Waals surface area contributed by atoms with Crippen LogP contribution in [0.4, 0.5) is 10.1 Å². The highest BCUT2D eigenvalue weighted by Crippen LogP contribution is 2.18. The van der Waals surface area contributed by atoms with E-state index in [1.165, 1.54) is 12.1 Å². The fraction of sp³-hybridized carbons (Fsp3) is 0.200. The Labute approximate surface area is 81.9 Å². The van der Waals surface area contributed by atoms with Crippen LogP contribution in [0.15, 0.2) is 18.2 Å². The molecule has 0 radical (unpaired) electrons. The summed E-state index contributed by atoms with van der Waals surface area (Å²) in [4.78, 5) is 0. The predicted octanol–water partition coefficient (Wildman–Crippen LogP) is 2.91. The number of nitrogens with one attached hydrogen (secondary N) is 1. The zero-order chi connectivity index (χ0) is 9.68. The van der Waals surface area contributed by atoms with Gasteiger partial charge in [0.05, 0.1) is 11.6 Å². The molecule has 0 aliphatic rings. The first-order valence-corrected chi connectivity index (χ1v) is 4.20. The quantitative estimate of drug-likeness (QED) is 0.719. The van der Waals surface area contributed by atoms with Crippen molar-refractivity contribution >= 4 is 17.3 Å². The fourth-order valence-corrected chi connectivity index (χ4v) is 0.958. The van der Waals surface area contributed by atoms with Gasteiger partial charge in [0.1, 0.15) is 5.82 Å². The first-order chi connectivity index (χ1) is 6.24. The largest absolute Gasteiger partial charge is 0.374 e. The lowest BCUT2D eigenvalue weighted by Gasteiger charge is -2.02. The highest BCUT2D eigenvalue weighted by atomic mass is 35.5. The topological polar surface area (TPSA) is 12.0 Å². The second kappa shape index (κ2) is 4.74. The molecule has 0 saturated carbocycles. The normalized spacial score (nSPS) is 8.85. The van der Waals surface area contributed by atoms with Gasteiger partial charge in [-0.2, -0.15) is 0 Å². The summed E-state index contributed by atoms with van der Waals surface area (Å²) < 4.78 is 12.9. The molecule has 1 rings (SSSR count). The monoisotopic (exact) mass is 197 g/mol. The van der Waals surface area contributed by atoms with Gasteiger partial charge in [0, 0.05) is 5.69 Å². The highest BCUT2D eigenvalue weighted by Gasteiger charge is 1.98. The van der Waals surface area contributed by atoms with E-state index in [4.69, 9.17) is 11.6 Å². The van der Waals surface area contributed by atoms with Crippen molar-refractivity contribution in [3.8, 4) is 11.8 Å². The van der Waals surface area contributed by atoms with Gasteiger partial charge in [0.25, 0.3) is 0 Å². The van der Waals surface area contributed by atoms with Crippen molar-refractivity contribution in [2.45, 2.75) is 6.92 Å². The van der Waals surface area contributed by atoms with E-state index >= 15 is 0 Å². The molecular weight excluding hydrogens is 189 g/mol. The summed E-state index contributed by atoms with van der Waals surface area (Å²) in [5, 5.41) is 3.07. The number of hydrogen-bond acceptors (Lipinski definition) is 1. The van der Waals surface area contributed by atoms with Gasteiger partial charge in [0.15, 0.2) is 0 Å². The lowest BCUT2D eigenvalue weighted by atomic mass is 10.3. The summed E-state index contributed by atoms with van der Waals surface area (Å²) in [6.07, 6.45) is 0. The van der Waals surface area contributed by atoms with E-state index in [1.807, 2.05) is 0 Å². The first kappa shape index (κ1) is 9.88. The molecule has 3 heteroatoms. The van der Waals surface area contributed by atoms with Crippen LogP contribution in [-0.4, -0.2) is 6.54 Å². The van der Waals surface area contributed by atoms with Crippen molar-refractivity contribution in [3.63, 3.8) is 0 Å². The van der Waals surface area contributed by atoms with Crippen molar-refractivity contribution < 1.29 is 4.39 Å². The van der Waals surface area contributed by atoms with Gasteiger partial charge < -0.3 is 5.32 Å². The molecule has 0 bridgehead atoms. The molecular formula is C10H9ClFN. The average Bonchev–Trinajstić information content (AvgIpc) is 2.12. The van der Waals surface area contributed by atoms with E-state index < -0.39 is 5.82 Å². The van der Waals surface area contributed by atoms with Crippen LogP contribution >= 0.6 is 11.6 Å². The fourth-order valence-electron chi connectivity index (χ4n) is 0.841. The SMILES string of the molecule is CC#CCNc1ccc(Cl)c(F)c1. The Balaban J connectivity index is 2.66. The Bertz CT molecular complexity index is 352. The summed E-state index contributed by atoms with van der Waals surface area (Å²) in [5.74, 6) is 5.13. The molecule has 0 unspecified atom stereocenters. The molecule has 0 aliphatic heterocycles. The number of benzene rings is 1. The van der Waals surface area contributed by atoms with Crippen LogP contribution in [0.1, 0.15) is 6.92 Å². The van der Waals surface area contributed by atoms with Gasteiger partial charge >= 0.3 is 0 Å². The summed E-state index contributed by atoms with van der Waals surface area (Å²) in [6, 6.07) is 4.57. The van der Waals surface area contributed by atoms with E-state index in [1.54, 1.807) is 13.0 Å². The Morgan fingerprint density at radius 3 is 2.92 bits per heavy atom.